The number of guanidine groups is 1. The lowest BCUT2D eigenvalue weighted by atomic mass is 10.1. The number of hydrogen-bond acceptors (Lipinski definition) is 3. The third-order valence-corrected chi connectivity index (χ3v) is 4.89. The molecule has 0 unspecified atom stereocenters. The number of carbonyl (C=O) groups excluding carboxylic acids is 1. The van der Waals surface area contributed by atoms with Crippen LogP contribution < -0.4 is 16.0 Å². The predicted molar refractivity (Wildman–Crippen MR) is 124 cm³/mol. The summed E-state index contributed by atoms with van der Waals surface area (Å²) in [5.41, 5.74) is 4.80. The maximum Gasteiger partial charge on any atom is 0.224 e. The van der Waals surface area contributed by atoms with Gasteiger partial charge in [-0.15, -0.1) is 0 Å². The number of aromatic nitrogens is 2. The number of para-hydroxylation sites is 1. The average molecular weight is 437 g/mol. The van der Waals surface area contributed by atoms with E-state index in [-0.39, 0.29) is 18.1 Å². The number of amides is 1. The van der Waals surface area contributed by atoms with E-state index in [0.717, 1.165) is 22.6 Å². The molecule has 1 aromatic heterocycles. The highest BCUT2D eigenvalue weighted by Crippen LogP contribution is 2.16. The first-order valence-corrected chi connectivity index (χ1v) is 10.5. The van der Waals surface area contributed by atoms with Crippen molar-refractivity contribution >= 4 is 11.9 Å². The molecule has 1 amide bonds. The van der Waals surface area contributed by atoms with Gasteiger partial charge in [-0.2, -0.15) is 5.10 Å². The van der Waals surface area contributed by atoms with Crippen molar-refractivity contribution in [2.24, 2.45) is 4.99 Å². The van der Waals surface area contributed by atoms with Crippen LogP contribution in [0.3, 0.4) is 0 Å². The molecule has 0 aliphatic rings. The molecule has 168 valence electrons. The summed E-state index contributed by atoms with van der Waals surface area (Å²) in [6, 6.07) is 16.2. The molecule has 3 aromatic rings. The zero-order valence-electron chi connectivity index (χ0n) is 18.7. The zero-order valence-corrected chi connectivity index (χ0v) is 18.7. The molecule has 1 heterocycles. The van der Waals surface area contributed by atoms with Crippen molar-refractivity contribution in [1.29, 1.82) is 0 Å². The molecule has 0 fully saturated rings. The van der Waals surface area contributed by atoms with E-state index in [1.807, 2.05) is 42.8 Å². The van der Waals surface area contributed by atoms with E-state index < -0.39 is 0 Å². The molecule has 0 spiro atoms. The number of nitrogens with one attached hydrogen (secondary N) is 3. The van der Waals surface area contributed by atoms with Crippen molar-refractivity contribution < 1.29 is 9.18 Å². The van der Waals surface area contributed by atoms with Crippen LogP contribution in [0.25, 0.3) is 5.69 Å². The average Bonchev–Trinajstić information content (AvgIpc) is 3.11. The molecule has 3 N–H and O–H groups in total. The lowest BCUT2D eigenvalue weighted by molar-refractivity contribution is -0.120. The highest BCUT2D eigenvalue weighted by Gasteiger charge is 2.09. The zero-order chi connectivity index (χ0) is 22.9. The fourth-order valence-electron chi connectivity index (χ4n) is 3.42. The molecule has 0 aliphatic heterocycles. The number of hydrogen-bond donors (Lipinski definition) is 3. The minimum atomic E-state index is -0.341. The van der Waals surface area contributed by atoms with Gasteiger partial charge in [-0.25, -0.2) is 9.07 Å². The Kier molecular flexibility index (Phi) is 7.96. The molecule has 0 atom stereocenters. The molecule has 0 bridgehead atoms. The van der Waals surface area contributed by atoms with Crippen molar-refractivity contribution in [3.05, 3.63) is 82.9 Å². The van der Waals surface area contributed by atoms with Gasteiger partial charge in [-0.05, 0) is 49.2 Å². The van der Waals surface area contributed by atoms with E-state index >= 15 is 0 Å². The first-order chi connectivity index (χ1) is 15.5. The van der Waals surface area contributed by atoms with E-state index in [1.165, 1.54) is 12.1 Å². The first-order valence-electron chi connectivity index (χ1n) is 10.5. The Hall–Kier alpha value is -3.68. The van der Waals surface area contributed by atoms with Gasteiger partial charge in [0, 0.05) is 32.4 Å². The van der Waals surface area contributed by atoms with Crippen molar-refractivity contribution in [3.8, 4) is 5.69 Å². The van der Waals surface area contributed by atoms with Crippen LogP contribution in [0.15, 0.2) is 59.6 Å². The number of rotatable bonds is 8. The second-order valence-electron chi connectivity index (χ2n) is 7.48. The summed E-state index contributed by atoms with van der Waals surface area (Å²) in [6.45, 7) is 5.52. The molecule has 32 heavy (non-hydrogen) atoms. The van der Waals surface area contributed by atoms with Gasteiger partial charge in [-0.3, -0.25) is 9.79 Å². The lowest BCUT2D eigenvalue weighted by Crippen LogP contribution is -2.41. The van der Waals surface area contributed by atoms with E-state index in [2.05, 4.69) is 32.1 Å². The topological polar surface area (TPSA) is 83.3 Å². The number of carbonyl (C=O) groups is 1. The van der Waals surface area contributed by atoms with Crippen LogP contribution in [0.5, 0.6) is 0 Å². The van der Waals surface area contributed by atoms with Crippen LogP contribution in [0.2, 0.25) is 0 Å². The van der Waals surface area contributed by atoms with Gasteiger partial charge in [0.05, 0.1) is 17.8 Å². The molecule has 0 saturated heterocycles. The van der Waals surface area contributed by atoms with Gasteiger partial charge in [0.15, 0.2) is 5.96 Å². The second-order valence-corrected chi connectivity index (χ2v) is 7.48. The van der Waals surface area contributed by atoms with Crippen LogP contribution in [0.1, 0.15) is 22.5 Å². The van der Waals surface area contributed by atoms with Crippen molar-refractivity contribution in [3.63, 3.8) is 0 Å². The molecule has 0 saturated carbocycles. The predicted octanol–water partition coefficient (Wildman–Crippen LogP) is 2.65. The van der Waals surface area contributed by atoms with Crippen molar-refractivity contribution in [1.82, 2.24) is 25.7 Å². The normalized spacial score (nSPS) is 11.3. The van der Waals surface area contributed by atoms with Crippen LogP contribution in [-0.2, 0) is 17.8 Å². The van der Waals surface area contributed by atoms with Gasteiger partial charge in [0.25, 0.3) is 0 Å². The number of halogens is 1. The van der Waals surface area contributed by atoms with Gasteiger partial charge >= 0.3 is 0 Å². The van der Waals surface area contributed by atoms with Crippen LogP contribution in [-0.4, -0.2) is 41.8 Å². The Morgan fingerprint density at radius 1 is 1.03 bits per heavy atom. The smallest absolute Gasteiger partial charge is 0.224 e. The summed E-state index contributed by atoms with van der Waals surface area (Å²) in [7, 11) is 1.70. The fraction of sp³-hybridized carbons (Fsp3) is 0.292. The van der Waals surface area contributed by atoms with Crippen LogP contribution in [0.4, 0.5) is 4.39 Å². The van der Waals surface area contributed by atoms with E-state index in [9.17, 15) is 9.18 Å². The third-order valence-electron chi connectivity index (χ3n) is 4.89. The molecule has 7 nitrogen and oxygen atoms in total. The Bertz CT molecular complexity index is 1090. The molecule has 2 aromatic carbocycles. The molecule has 0 aliphatic carbocycles. The maximum atomic E-state index is 13.2. The van der Waals surface area contributed by atoms with E-state index in [1.54, 1.807) is 19.2 Å². The van der Waals surface area contributed by atoms with E-state index in [0.29, 0.717) is 31.2 Å². The molecule has 3 rings (SSSR count). The number of benzene rings is 2. The number of nitrogens with zero attached hydrogens (tertiary/aromatic N) is 3. The number of aryl methyl sites for hydroxylation is 2. The minimum absolute atomic E-state index is 0.147. The van der Waals surface area contributed by atoms with Gasteiger partial charge in [-0.1, -0.05) is 30.3 Å². The molecular formula is C24H29FN6O. The van der Waals surface area contributed by atoms with Crippen molar-refractivity contribution in [2.45, 2.75) is 26.8 Å². The Morgan fingerprint density at radius 3 is 2.53 bits per heavy atom. The first kappa shape index (κ1) is 23.0. The summed E-state index contributed by atoms with van der Waals surface area (Å²) >= 11 is 0. The quantitative estimate of drug-likeness (QED) is 0.288. The summed E-state index contributed by atoms with van der Waals surface area (Å²) in [5.74, 6) is 0.137. The summed E-state index contributed by atoms with van der Waals surface area (Å²) in [4.78, 5) is 16.3. The highest BCUT2D eigenvalue weighted by atomic mass is 19.1. The maximum absolute atomic E-state index is 13.2. The van der Waals surface area contributed by atoms with Gasteiger partial charge in [0.2, 0.25) is 5.91 Å². The standard InChI is InChI=1S/C24H29FN6O/c1-17-13-18(2)31(30-17)22-10-5-4-8-20(22)16-29-24(26-3)28-12-11-27-23(32)15-19-7-6-9-21(25)14-19/h4-10,13-14H,11-12,15-16H2,1-3H3,(H,27,32)(H2,26,28,29). The summed E-state index contributed by atoms with van der Waals surface area (Å²) in [6.07, 6.45) is 0.147. The van der Waals surface area contributed by atoms with E-state index in [4.69, 9.17) is 0 Å². The molecular weight excluding hydrogens is 407 g/mol. The minimum Gasteiger partial charge on any atom is -0.355 e. The molecule has 8 heteroatoms. The number of aliphatic imine (C=N–C) groups is 1. The fourth-order valence-corrected chi connectivity index (χ4v) is 3.42. The monoisotopic (exact) mass is 436 g/mol. The summed E-state index contributed by atoms with van der Waals surface area (Å²) in [5, 5.41) is 13.9. The largest absolute Gasteiger partial charge is 0.355 e. The lowest BCUT2D eigenvalue weighted by Gasteiger charge is -2.15. The van der Waals surface area contributed by atoms with Crippen LogP contribution >= 0.6 is 0 Å². The summed E-state index contributed by atoms with van der Waals surface area (Å²) < 4.78 is 15.2. The van der Waals surface area contributed by atoms with Crippen molar-refractivity contribution in [2.75, 3.05) is 20.1 Å². The van der Waals surface area contributed by atoms with Gasteiger partial charge < -0.3 is 16.0 Å². The molecule has 0 radical (unpaired) electrons. The third kappa shape index (κ3) is 6.41. The Morgan fingerprint density at radius 2 is 1.81 bits per heavy atom. The Balaban J connectivity index is 1.47. The van der Waals surface area contributed by atoms with Crippen LogP contribution in [0, 0.1) is 19.7 Å². The second kappa shape index (κ2) is 11.1. The Labute approximate surface area is 187 Å². The van der Waals surface area contributed by atoms with Gasteiger partial charge in [0.1, 0.15) is 5.82 Å². The SMILES string of the molecule is CN=C(NCCNC(=O)Cc1cccc(F)c1)NCc1ccccc1-n1nc(C)cc1C. The highest BCUT2D eigenvalue weighted by molar-refractivity contribution is 5.80.